The number of halogens is 1. The molecule has 2 aromatic carbocycles. The largest absolute Gasteiger partial charge is 0.490 e. The molecule has 1 aliphatic carbocycles. The Morgan fingerprint density at radius 1 is 1.17 bits per heavy atom. The third-order valence-corrected chi connectivity index (χ3v) is 4.90. The van der Waals surface area contributed by atoms with Gasteiger partial charge in [-0.1, -0.05) is 23.7 Å². The molecule has 1 heterocycles. The van der Waals surface area contributed by atoms with Crippen molar-refractivity contribution < 1.29 is 9.53 Å². The zero-order valence-electron chi connectivity index (χ0n) is 13.3. The molecule has 124 valence electrons. The molecular formula is C19H19ClN2O2. The van der Waals surface area contributed by atoms with Crippen LogP contribution in [0.1, 0.15) is 24.0 Å². The number of hydrogen-bond donors (Lipinski definition) is 1. The van der Waals surface area contributed by atoms with Gasteiger partial charge in [-0.2, -0.15) is 0 Å². The molecule has 0 radical (unpaired) electrons. The van der Waals surface area contributed by atoms with E-state index in [0.29, 0.717) is 23.9 Å². The van der Waals surface area contributed by atoms with Crippen LogP contribution in [-0.4, -0.2) is 19.2 Å². The van der Waals surface area contributed by atoms with E-state index >= 15 is 0 Å². The fourth-order valence-electron chi connectivity index (χ4n) is 3.48. The molecule has 2 amide bonds. The van der Waals surface area contributed by atoms with Crippen molar-refractivity contribution in [3.8, 4) is 5.75 Å². The number of ether oxygens (including phenoxy) is 1. The highest BCUT2D eigenvalue weighted by Crippen LogP contribution is 2.35. The first-order chi connectivity index (χ1) is 11.7. The van der Waals surface area contributed by atoms with Crippen molar-refractivity contribution in [2.75, 3.05) is 23.4 Å². The van der Waals surface area contributed by atoms with Crippen LogP contribution in [-0.2, 0) is 12.8 Å². The smallest absolute Gasteiger partial charge is 0.326 e. The van der Waals surface area contributed by atoms with Gasteiger partial charge in [0.1, 0.15) is 12.4 Å². The number of carbonyl (C=O) groups excluding carboxylic acids is 1. The van der Waals surface area contributed by atoms with Gasteiger partial charge in [-0.15, -0.1) is 0 Å². The van der Waals surface area contributed by atoms with Crippen LogP contribution in [0.5, 0.6) is 5.75 Å². The van der Waals surface area contributed by atoms with Gasteiger partial charge in [-0.25, -0.2) is 4.79 Å². The van der Waals surface area contributed by atoms with E-state index in [1.807, 2.05) is 18.2 Å². The van der Waals surface area contributed by atoms with Crippen molar-refractivity contribution in [3.63, 3.8) is 0 Å². The number of anilines is 2. The standard InChI is InChI=1S/C19H19ClN2O2/c20-14-8-9-18-17(12-14)22(10-11-24-18)19(23)21-16-7-3-5-13-4-1-2-6-15(13)16/h3,5,7-9,12H,1-2,4,6,10-11H2,(H,21,23). The Hall–Kier alpha value is -2.20. The number of rotatable bonds is 1. The summed E-state index contributed by atoms with van der Waals surface area (Å²) in [6.45, 7) is 0.989. The average Bonchev–Trinajstić information content (AvgIpc) is 2.61. The van der Waals surface area contributed by atoms with Gasteiger partial charge in [0.05, 0.1) is 12.2 Å². The lowest BCUT2D eigenvalue weighted by Crippen LogP contribution is -2.41. The number of hydrogen-bond acceptors (Lipinski definition) is 2. The monoisotopic (exact) mass is 342 g/mol. The topological polar surface area (TPSA) is 41.6 Å². The maximum absolute atomic E-state index is 12.8. The van der Waals surface area contributed by atoms with Crippen LogP contribution >= 0.6 is 11.6 Å². The summed E-state index contributed by atoms with van der Waals surface area (Å²) in [6.07, 6.45) is 4.52. The van der Waals surface area contributed by atoms with Gasteiger partial charge >= 0.3 is 6.03 Å². The van der Waals surface area contributed by atoms with Crippen LogP contribution in [0.4, 0.5) is 16.2 Å². The summed E-state index contributed by atoms with van der Waals surface area (Å²) >= 11 is 6.09. The summed E-state index contributed by atoms with van der Waals surface area (Å²) in [6, 6.07) is 11.4. The maximum atomic E-state index is 12.8. The number of benzene rings is 2. The summed E-state index contributed by atoms with van der Waals surface area (Å²) in [5.41, 5.74) is 4.27. The quantitative estimate of drug-likeness (QED) is 0.819. The van der Waals surface area contributed by atoms with Gasteiger partial charge in [-0.3, -0.25) is 4.90 Å². The van der Waals surface area contributed by atoms with E-state index in [2.05, 4.69) is 11.4 Å². The minimum absolute atomic E-state index is 0.138. The SMILES string of the molecule is O=C(Nc1cccc2c1CCCC2)N1CCOc2ccc(Cl)cc21. The lowest BCUT2D eigenvalue weighted by atomic mass is 9.90. The molecule has 4 rings (SSSR count). The molecule has 0 aromatic heterocycles. The Morgan fingerprint density at radius 2 is 2.04 bits per heavy atom. The van der Waals surface area contributed by atoms with Gasteiger partial charge in [0.25, 0.3) is 0 Å². The van der Waals surface area contributed by atoms with Crippen LogP contribution < -0.4 is 15.0 Å². The van der Waals surface area contributed by atoms with Crippen molar-refractivity contribution in [3.05, 3.63) is 52.5 Å². The van der Waals surface area contributed by atoms with Crippen molar-refractivity contribution in [1.29, 1.82) is 0 Å². The van der Waals surface area contributed by atoms with Crippen LogP contribution in [0.25, 0.3) is 0 Å². The fourth-order valence-corrected chi connectivity index (χ4v) is 3.65. The Kier molecular flexibility index (Phi) is 4.07. The molecule has 0 saturated carbocycles. The normalized spacial score (nSPS) is 16.0. The molecule has 0 bridgehead atoms. The fraction of sp³-hybridized carbons (Fsp3) is 0.316. The number of aryl methyl sites for hydroxylation is 1. The molecule has 1 N–H and O–H groups in total. The van der Waals surface area contributed by atoms with Gasteiger partial charge in [0.2, 0.25) is 0 Å². The van der Waals surface area contributed by atoms with Gasteiger partial charge in [0, 0.05) is 10.7 Å². The second-order valence-electron chi connectivity index (χ2n) is 6.19. The molecule has 4 nitrogen and oxygen atoms in total. The predicted molar refractivity (Wildman–Crippen MR) is 96.4 cm³/mol. The van der Waals surface area contributed by atoms with Crippen molar-refractivity contribution >= 4 is 29.0 Å². The first-order valence-corrected chi connectivity index (χ1v) is 8.72. The predicted octanol–water partition coefficient (Wildman–Crippen LogP) is 4.65. The summed E-state index contributed by atoms with van der Waals surface area (Å²) in [7, 11) is 0. The zero-order valence-corrected chi connectivity index (χ0v) is 14.1. The van der Waals surface area contributed by atoms with E-state index < -0.39 is 0 Å². The first-order valence-electron chi connectivity index (χ1n) is 8.34. The summed E-state index contributed by atoms with van der Waals surface area (Å²) in [5.74, 6) is 0.691. The molecule has 0 saturated heterocycles. The Bertz CT molecular complexity index is 791. The lowest BCUT2D eigenvalue weighted by Gasteiger charge is -2.30. The second kappa shape index (κ2) is 6.36. The van der Waals surface area contributed by atoms with E-state index in [0.717, 1.165) is 24.2 Å². The van der Waals surface area contributed by atoms with Crippen molar-refractivity contribution in [2.45, 2.75) is 25.7 Å². The molecule has 1 aliphatic heterocycles. The van der Waals surface area contributed by atoms with Gasteiger partial charge < -0.3 is 10.1 Å². The minimum atomic E-state index is -0.138. The lowest BCUT2D eigenvalue weighted by molar-refractivity contribution is 0.250. The maximum Gasteiger partial charge on any atom is 0.326 e. The molecule has 5 heteroatoms. The average molecular weight is 343 g/mol. The number of urea groups is 1. The summed E-state index contributed by atoms with van der Waals surface area (Å²) in [5, 5.41) is 3.68. The summed E-state index contributed by atoms with van der Waals surface area (Å²) in [4.78, 5) is 14.5. The van der Waals surface area contributed by atoms with Crippen LogP contribution in [0.15, 0.2) is 36.4 Å². The highest BCUT2D eigenvalue weighted by molar-refractivity contribution is 6.31. The van der Waals surface area contributed by atoms with E-state index in [9.17, 15) is 4.79 Å². The molecule has 0 spiro atoms. The minimum Gasteiger partial charge on any atom is -0.490 e. The third-order valence-electron chi connectivity index (χ3n) is 4.67. The van der Waals surface area contributed by atoms with Crippen molar-refractivity contribution in [1.82, 2.24) is 0 Å². The number of nitrogens with zero attached hydrogens (tertiary/aromatic N) is 1. The molecule has 24 heavy (non-hydrogen) atoms. The molecule has 0 atom stereocenters. The molecule has 2 aliphatic rings. The van der Waals surface area contributed by atoms with Crippen LogP contribution in [0.3, 0.4) is 0 Å². The van der Waals surface area contributed by atoms with Crippen molar-refractivity contribution in [2.24, 2.45) is 0 Å². The van der Waals surface area contributed by atoms with E-state index in [4.69, 9.17) is 16.3 Å². The Labute approximate surface area is 146 Å². The number of nitrogens with one attached hydrogen (secondary N) is 1. The van der Waals surface area contributed by atoms with E-state index in [1.165, 1.54) is 24.0 Å². The second-order valence-corrected chi connectivity index (χ2v) is 6.63. The van der Waals surface area contributed by atoms with Gasteiger partial charge in [0.15, 0.2) is 0 Å². The highest BCUT2D eigenvalue weighted by Gasteiger charge is 2.25. The molecule has 0 fully saturated rings. The van der Waals surface area contributed by atoms with Crippen LogP contribution in [0.2, 0.25) is 5.02 Å². The number of amides is 2. The number of carbonyl (C=O) groups is 1. The summed E-state index contributed by atoms with van der Waals surface area (Å²) < 4.78 is 5.62. The first kappa shape index (κ1) is 15.3. The third kappa shape index (κ3) is 2.82. The number of fused-ring (bicyclic) bond motifs is 2. The highest BCUT2D eigenvalue weighted by atomic mass is 35.5. The molecule has 2 aromatic rings. The Balaban J connectivity index is 1.61. The van der Waals surface area contributed by atoms with E-state index in [-0.39, 0.29) is 6.03 Å². The van der Waals surface area contributed by atoms with Gasteiger partial charge in [-0.05, 0) is 61.1 Å². The molecular weight excluding hydrogens is 324 g/mol. The van der Waals surface area contributed by atoms with Crippen LogP contribution in [0, 0.1) is 0 Å². The van der Waals surface area contributed by atoms with E-state index in [1.54, 1.807) is 17.0 Å². The Morgan fingerprint density at radius 3 is 2.96 bits per heavy atom. The molecule has 0 unspecified atom stereocenters. The zero-order chi connectivity index (χ0) is 16.5.